The summed E-state index contributed by atoms with van der Waals surface area (Å²) >= 11 is 7.20. The van der Waals surface area contributed by atoms with Crippen molar-refractivity contribution in [3.8, 4) is 5.69 Å². The van der Waals surface area contributed by atoms with E-state index in [9.17, 15) is 4.79 Å². The molecule has 0 radical (unpaired) electrons. The molecule has 1 heterocycles. The molecule has 1 aromatic carbocycles. The number of carbonyl (C=O) groups excluding carboxylic acids is 1. The van der Waals surface area contributed by atoms with Crippen LogP contribution in [0.15, 0.2) is 53.3 Å². The van der Waals surface area contributed by atoms with E-state index in [2.05, 4.69) is 46.1 Å². The minimum absolute atomic E-state index is 0.128. The maximum absolute atomic E-state index is 12.2. The van der Waals surface area contributed by atoms with Gasteiger partial charge in [-0.3, -0.25) is 4.79 Å². The first-order chi connectivity index (χ1) is 12.4. The van der Waals surface area contributed by atoms with Crippen LogP contribution >= 0.6 is 23.4 Å². The molecule has 26 heavy (non-hydrogen) atoms. The summed E-state index contributed by atoms with van der Waals surface area (Å²) in [5.41, 5.74) is 4.64. The van der Waals surface area contributed by atoms with E-state index in [1.54, 1.807) is 4.68 Å². The van der Waals surface area contributed by atoms with Gasteiger partial charge in [0, 0.05) is 0 Å². The highest BCUT2D eigenvalue weighted by molar-refractivity contribution is 7.99. The second kappa shape index (κ2) is 8.82. The van der Waals surface area contributed by atoms with Crippen LogP contribution in [-0.2, 0) is 4.79 Å². The number of thioether (sulfide) groups is 1. The largest absolute Gasteiger partial charge is 0.324 e. The van der Waals surface area contributed by atoms with E-state index < -0.39 is 0 Å². The average Bonchev–Trinajstić information content (AvgIpc) is 3.04. The van der Waals surface area contributed by atoms with Crippen LogP contribution < -0.4 is 5.32 Å². The average molecular weight is 390 g/mol. The van der Waals surface area contributed by atoms with Gasteiger partial charge in [-0.05, 0) is 54.5 Å². The monoisotopic (exact) mass is 389 g/mol. The fourth-order valence-electron chi connectivity index (χ4n) is 2.55. The van der Waals surface area contributed by atoms with Crippen LogP contribution in [0.5, 0.6) is 0 Å². The summed E-state index contributed by atoms with van der Waals surface area (Å²) in [6.07, 6.45) is 2.91. The van der Waals surface area contributed by atoms with E-state index >= 15 is 0 Å². The predicted octanol–water partition coefficient (Wildman–Crippen LogP) is 3.62. The van der Waals surface area contributed by atoms with E-state index in [0.717, 1.165) is 16.8 Å². The van der Waals surface area contributed by atoms with Crippen molar-refractivity contribution >= 4 is 29.3 Å². The molecule has 2 aromatic rings. The van der Waals surface area contributed by atoms with Gasteiger partial charge in [0.1, 0.15) is 0 Å². The lowest BCUT2D eigenvalue weighted by atomic mass is 10.1. The highest BCUT2D eigenvalue weighted by Crippen LogP contribution is 2.24. The smallest absolute Gasteiger partial charge is 0.234 e. The molecule has 0 saturated carbocycles. The Morgan fingerprint density at radius 1 is 1.27 bits per heavy atom. The third-order valence-electron chi connectivity index (χ3n) is 3.54. The Labute approximate surface area is 162 Å². The van der Waals surface area contributed by atoms with Crippen molar-refractivity contribution in [2.45, 2.75) is 25.9 Å². The van der Waals surface area contributed by atoms with E-state index in [1.807, 2.05) is 20.8 Å². The van der Waals surface area contributed by atoms with Crippen LogP contribution in [0.4, 0.5) is 0 Å². The van der Waals surface area contributed by atoms with Crippen molar-refractivity contribution in [2.75, 3.05) is 5.75 Å². The molecule has 0 fully saturated rings. The number of amides is 1. The van der Waals surface area contributed by atoms with Crippen molar-refractivity contribution in [3.63, 3.8) is 0 Å². The first-order valence-corrected chi connectivity index (χ1v) is 9.17. The molecular formula is C18H20ClN5OS. The number of aromatic nitrogens is 4. The number of halogens is 1. The number of aryl methyl sites for hydroxylation is 3. The normalized spacial score (nSPS) is 11.7. The lowest BCUT2D eigenvalue weighted by Gasteiger charge is -2.12. The van der Waals surface area contributed by atoms with Crippen LogP contribution in [0.3, 0.4) is 0 Å². The lowest BCUT2D eigenvalue weighted by molar-refractivity contribution is -0.117. The first kappa shape index (κ1) is 19.9. The molecule has 0 aliphatic carbocycles. The molecule has 0 saturated heterocycles. The van der Waals surface area contributed by atoms with Gasteiger partial charge in [-0.25, -0.2) is 0 Å². The maximum atomic E-state index is 12.2. The molecule has 0 unspecified atom stereocenters. The minimum Gasteiger partial charge on any atom is -0.324 e. The van der Waals surface area contributed by atoms with Gasteiger partial charge >= 0.3 is 0 Å². The van der Waals surface area contributed by atoms with Crippen LogP contribution in [0, 0.1) is 20.8 Å². The summed E-state index contributed by atoms with van der Waals surface area (Å²) in [5.74, 6) is -0.111. The second-order valence-corrected chi connectivity index (χ2v) is 6.98. The topological polar surface area (TPSA) is 72.7 Å². The van der Waals surface area contributed by atoms with Crippen molar-refractivity contribution in [2.24, 2.45) is 0 Å². The molecule has 1 N–H and O–H groups in total. The molecule has 6 nitrogen and oxygen atoms in total. The highest BCUT2D eigenvalue weighted by atomic mass is 35.5. The number of allylic oxidation sites excluding steroid dienone is 3. The van der Waals surface area contributed by atoms with Gasteiger partial charge in [-0.1, -0.05) is 54.2 Å². The lowest BCUT2D eigenvalue weighted by Crippen LogP contribution is -2.24. The minimum atomic E-state index is -0.239. The number of hydrogen-bond acceptors (Lipinski definition) is 5. The number of benzene rings is 1. The van der Waals surface area contributed by atoms with Gasteiger partial charge in [-0.15, -0.1) is 5.10 Å². The summed E-state index contributed by atoms with van der Waals surface area (Å²) in [7, 11) is 0. The molecule has 1 aromatic heterocycles. The first-order valence-electron chi connectivity index (χ1n) is 7.81. The second-order valence-electron chi connectivity index (χ2n) is 5.63. The van der Waals surface area contributed by atoms with Crippen LogP contribution in [-0.4, -0.2) is 31.9 Å². The molecule has 0 spiro atoms. The number of rotatable bonds is 7. The zero-order valence-electron chi connectivity index (χ0n) is 14.9. The quantitative estimate of drug-likeness (QED) is 0.578. The third kappa shape index (κ3) is 4.62. The van der Waals surface area contributed by atoms with Gasteiger partial charge in [0.2, 0.25) is 11.1 Å². The molecule has 1 amide bonds. The SMILES string of the molecule is C=C/C(Cl)=C(\C=C)NC(=O)CSc1nnnn1-c1c(C)cc(C)cc1C. The number of carbonyl (C=O) groups is 1. The van der Waals surface area contributed by atoms with Crippen LogP contribution in [0.2, 0.25) is 0 Å². The Morgan fingerprint density at radius 2 is 1.92 bits per heavy atom. The summed E-state index contributed by atoms with van der Waals surface area (Å²) in [6.45, 7) is 13.3. The van der Waals surface area contributed by atoms with E-state index in [4.69, 9.17) is 11.6 Å². The fraction of sp³-hybridized carbons (Fsp3) is 0.222. The van der Waals surface area contributed by atoms with Gasteiger partial charge in [-0.2, -0.15) is 4.68 Å². The highest BCUT2D eigenvalue weighted by Gasteiger charge is 2.15. The predicted molar refractivity (Wildman–Crippen MR) is 106 cm³/mol. The van der Waals surface area contributed by atoms with Crippen LogP contribution in [0.25, 0.3) is 5.69 Å². The Bertz CT molecular complexity index is 864. The van der Waals surface area contributed by atoms with Crippen molar-refractivity contribution in [1.29, 1.82) is 0 Å². The Hall–Kier alpha value is -2.38. The number of tetrazole rings is 1. The molecule has 0 aliphatic heterocycles. The molecule has 0 aliphatic rings. The van der Waals surface area contributed by atoms with E-state index in [1.165, 1.54) is 29.5 Å². The standard InChI is InChI=1S/C18H20ClN5OS/c1-6-14(19)15(7-2)20-16(25)10-26-18-21-22-23-24(18)17-12(4)8-11(3)9-13(17)5/h6-9H,1-2,10H2,3-5H3,(H,20,25)/b15-14-. The van der Waals surface area contributed by atoms with Gasteiger partial charge < -0.3 is 5.32 Å². The summed E-state index contributed by atoms with van der Waals surface area (Å²) in [5, 5.41) is 15.4. The number of hydrogen-bond donors (Lipinski definition) is 1. The molecule has 2 rings (SSSR count). The van der Waals surface area contributed by atoms with E-state index in [0.29, 0.717) is 15.9 Å². The zero-order chi connectivity index (χ0) is 19.3. The van der Waals surface area contributed by atoms with Gasteiger partial charge in [0.15, 0.2) is 0 Å². The van der Waals surface area contributed by atoms with Crippen LogP contribution in [0.1, 0.15) is 16.7 Å². The summed E-state index contributed by atoms with van der Waals surface area (Å²) < 4.78 is 1.66. The Balaban J connectivity index is 2.17. The maximum Gasteiger partial charge on any atom is 0.234 e. The molecular weight excluding hydrogens is 370 g/mol. The molecule has 8 heteroatoms. The third-order valence-corrected chi connectivity index (χ3v) is 4.81. The fourth-order valence-corrected chi connectivity index (χ4v) is 3.35. The van der Waals surface area contributed by atoms with Gasteiger partial charge in [0.25, 0.3) is 0 Å². The Kier molecular flexibility index (Phi) is 6.76. The van der Waals surface area contributed by atoms with Crippen molar-refractivity contribution in [1.82, 2.24) is 25.5 Å². The van der Waals surface area contributed by atoms with Gasteiger partial charge in [0.05, 0.1) is 22.2 Å². The van der Waals surface area contributed by atoms with Crippen molar-refractivity contribution < 1.29 is 4.79 Å². The number of nitrogens with one attached hydrogen (secondary N) is 1. The summed E-state index contributed by atoms with van der Waals surface area (Å²) in [6, 6.07) is 4.15. The molecule has 0 bridgehead atoms. The molecule has 136 valence electrons. The van der Waals surface area contributed by atoms with E-state index in [-0.39, 0.29) is 11.7 Å². The van der Waals surface area contributed by atoms with Crippen molar-refractivity contribution in [3.05, 3.63) is 64.9 Å². The molecule has 0 atom stereocenters. The zero-order valence-corrected chi connectivity index (χ0v) is 16.5. The number of nitrogens with zero attached hydrogens (tertiary/aromatic N) is 4. The summed E-state index contributed by atoms with van der Waals surface area (Å²) in [4.78, 5) is 12.2. The Morgan fingerprint density at radius 3 is 2.50 bits per heavy atom.